The van der Waals surface area contributed by atoms with Gasteiger partial charge in [0.15, 0.2) is 0 Å². The van der Waals surface area contributed by atoms with Crippen molar-refractivity contribution in [2.75, 3.05) is 5.43 Å². The lowest BCUT2D eigenvalue weighted by atomic mass is 10.1. The van der Waals surface area contributed by atoms with Crippen LogP contribution in [0.5, 0.6) is 5.75 Å². The summed E-state index contributed by atoms with van der Waals surface area (Å²) >= 11 is 0. The highest BCUT2D eigenvalue weighted by atomic mass is 16.5. The van der Waals surface area contributed by atoms with Crippen LogP contribution in [0.25, 0.3) is 6.08 Å². The first-order chi connectivity index (χ1) is 13.6. The Hall–Kier alpha value is -3.78. The van der Waals surface area contributed by atoms with Crippen LogP contribution in [0.4, 0.5) is 0 Å². The Morgan fingerprint density at radius 1 is 1.04 bits per heavy atom. The Bertz CT molecular complexity index is 1020. The molecule has 0 unspecified atom stereocenters. The fourth-order valence-electron chi connectivity index (χ4n) is 2.78. The molecule has 3 rings (SSSR count). The average molecular weight is 371 g/mol. The molecule has 0 spiro atoms. The van der Waals surface area contributed by atoms with Crippen LogP contribution in [0.3, 0.4) is 0 Å². The number of hydrogen-bond donors (Lipinski definition) is 1. The van der Waals surface area contributed by atoms with E-state index in [1.807, 2.05) is 86.6 Å². The minimum Gasteiger partial charge on any atom is -0.488 e. The molecule has 0 aliphatic carbocycles. The molecule has 0 saturated carbocycles. The molecular formula is C23H21N3O2. The molecule has 0 aliphatic rings. The van der Waals surface area contributed by atoms with E-state index >= 15 is 0 Å². The molecule has 1 N–H and O–H groups in total. The molecule has 140 valence electrons. The highest BCUT2D eigenvalue weighted by molar-refractivity contribution is 6.06. The number of ether oxygens (including phenoxy) is 1. The normalized spacial score (nSPS) is 11.0. The fraction of sp³-hybridized carbons (Fsp3) is 0.130. The summed E-state index contributed by atoms with van der Waals surface area (Å²) in [6.07, 6.45) is 1.55. The molecule has 0 bridgehead atoms. The Morgan fingerprint density at radius 3 is 2.36 bits per heavy atom. The van der Waals surface area contributed by atoms with E-state index in [-0.39, 0.29) is 5.57 Å². The lowest BCUT2D eigenvalue weighted by Gasteiger charge is -2.12. The van der Waals surface area contributed by atoms with Gasteiger partial charge >= 0.3 is 0 Å². The maximum atomic E-state index is 12.6. The number of aryl methyl sites for hydroxylation is 2. The predicted octanol–water partition coefficient (Wildman–Crippen LogP) is 4.36. The van der Waals surface area contributed by atoms with E-state index in [9.17, 15) is 10.1 Å². The highest BCUT2D eigenvalue weighted by Gasteiger charge is 2.13. The fourth-order valence-corrected chi connectivity index (χ4v) is 2.78. The van der Waals surface area contributed by atoms with Gasteiger partial charge in [0, 0.05) is 17.0 Å². The molecule has 3 aromatic rings. The smallest absolute Gasteiger partial charge is 0.280 e. The molecular weight excluding hydrogens is 350 g/mol. The first kappa shape index (κ1) is 19.0. The summed E-state index contributed by atoms with van der Waals surface area (Å²) in [5.41, 5.74) is 6.24. The summed E-state index contributed by atoms with van der Waals surface area (Å²) in [6.45, 7) is 4.17. The summed E-state index contributed by atoms with van der Waals surface area (Å²) < 4.78 is 7.56. The van der Waals surface area contributed by atoms with Crippen LogP contribution in [0.2, 0.25) is 0 Å². The largest absolute Gasteiger partial charge is 0.488 e. The number of nitrogens with one attached hydrogen (secondary N) is 1. The molecule has 2 aromatic carbocycles. The second kappa shape index (κ2) is 8.74. The zero-order valence-corrected chi connectivity index (χ0v) is 15.8. The number of aromatic nitrogens is 1. The van der Waals surface area contributed by atoms with E-state index in [1.54, 1.807) is 10.8 Å². The molecule has 5 heteroatoms. The number of nitrogens with zero attached hydrogens (tertiary/aromatic N) is 2. The molecule has 0 fully saturated rings. The molecule has 0 aliphatic heterocycles. The van der Waals surface area contributed by atoms with Crippen LogP contribution < -0.4 is 10.2 Å². The number of nitriles is 1. The van der Waals surface area contributed by atoms with Gasteiger partial charge in [0.2, 0.25) is 0 Å². The molecule has 0 saturated heterocycles. The van der Waals surface area contributed by atoms with Crippen LogP contribution in [0.1, 0.15) is 22.5 Å². The van der Waals surface area contributed by atoms with Crippen LogP contribution in [-0.4, -0.2) is 10.6 Å². The molecule has 1 heterocycles. The van der Waals surface area contributed by atoms with E-state index in [0.29, 0.717) is 17.9 Å². The van der Waals surface area contributed by atoms with E-state index < -0.39 is 5.91 Å². The van der Waals surface area contributed by atoms with Gasteiger partial charge in [-0.15, -0.1) is 0 Å². The molecule has 0 atom stereocenters. The van der Waals surface area contributed by atoms with Gasteiger partial charge in [0.05, 0.1) is 0 Å². The van der Waals surface area contributed by atoms with Crippen molar-refractivity contribution < 1.29 is 9.53 Å². The third-order valence-corrected chi connectivity index (χ3v) is 4.31. The number of benzene rings is 2. The first-order valence-corrected chi connectivity index (χ1v) is 8.92. The van der Waals surface area contributed by atoms with Crippen LogP contribution >= 0.6 is 0 Å². The van der Waals surface area contributed by atoms with Crippen LogP contribution in [0, 0.1) is 25.2 Å². The summed E-state index contributed by atoms with van der Waals surface area (Å²) in [6, 6.07) is 22.9. The molecule has 0 radical (unpaired) electrons. The molecule has 1 aromatic heterocycles. The molecule has 28 heavy (non-hydrogen) atoms. The van der Waals surface area contributed by atoms with E-state index in [4.69, 9.17) is 4.74 Å². The van der Waals surface area contributed by atoms with Gasteiger partial charge in [-0.2, -0.15) is 5.26 Å². The minimum atomic E-state index is -0.470. The number of hydrogen-bond acceptors (Lipinski definition) is 3. The maximum absolute atomic E-state index is 12.6. The Balaban J connectivity index is 1.80. The van der Waals surface area contributed by atoms with Gasteiger partial charge in [-0.1, -0.05) is 48.5 Å². The van der Waals surface area contributed by atoms with Crippen LogP contribution in [0.15, 0.2) is 72.3 Å². The minimum absolute atomic E-state index is 0.00302. The van der Waals surface area contributed by atoms with E-state index in [2.05, 4.69) is 5.43 Å². The summed E-state index contributed by atoms with van der Waals surface area (Å²) in [5.74, 6) is 0.142. The van der Waals surface area contributed by atoms with Gasteiger partial charge in [0.25, 0.3) is 5.91 Å². The van der Waals surface area contributed by atoms with Gasteiger partial charge in [-0.05, 0) is 43.7 Å². The highest BCUT2D eigenvalue weighted by Crippen LogP contribution is 2.22. The van der Waals surface area contributed by atoms with Crippen molar-refractivity contribution in [1.82, 2.24) is 4.68 Å². The zero-order valence-electron chi connectivity index (χ0n) is 15.8. The van der Waals surface area contributed by atoms with Crippen molar-refractivity contribution in [3.63, 3.8) is 0 Å². The summed E-state index contributed by atoms with van der Waals surface area (Å²) in [7, 11) is 0. The second-order valence-corrected chi connectivity index (χ2v) is 6.37. The van der Waals surface area contributed by atoms with Crippen molar-refractivity contribution in [3.05, 3.63) is 94.8 Å². The van der Waals surface area contributed by atoms with Crippen molar-refractivity contribution in [2.45, 2.75) is 20.5 Å². The van der Waals surface area contributed by atoms with Crippen LogP contribution in [-0.2, 0) is 11.4 Å². The topological polar surface area (TPSA) is 67.0 Å². The molecule has 5 nitrogen and oxygen atoms in total. The van der Waals surface area contributed by atoms with E-state index in [1.165, 1.54) is 0 Å². The lowest BCUT2D eigenvalue weighted by molar-refractivity contribution is -0.113. The van der Waals surface area contributed by atoms with Gasteiger partial charge < -0.3 is 4.74 Å². The van der Waals surface area contributed by atoms with Crippen molar-refractivity contribution >= 4 is 12.0 Å². The Kier molecular flexibility index (Phi) is 5.93. The summed E-state index contributed by atoms with van der Waals surface area (Å²) in [5, 5.41) is 9.49. The zero-order chi connectivity index (χ0) is 19.9. The third-order valence-electron chi connectivity index (χ3n) is 4.31. The number of amides is 1. The maximum Gasteiger partial charge on any atom is 0.280 e. The number of carbonyl (C=O) groups is 1. The third kappa shape index (κ3) is 4.49. The second-order valence-electron chi connectivity index (χ2n) is 6.37. The van der Waals surface area contributed by atoms with Crippen molar-refractivity contribution in [2.24, 2.45) is 0 Å². The molecule has 1 amide bonds. The predicted molar refractivity (Wildman–Crippen MR) is 109 cm³/mol. The quantitative estimate of drug-likeness (QED) is 0.517. The average Bonchev–Trinajstić information content (AvgIpc) is 3.03. The number of carbonyl (C=O) groups excluding carboxylic acids is 1. The SMILES string of the molecule is Cc1ccc(C)n1NC(=O)/C(C#N)=C\c1ccccc1OCc1ccccc1. The van der Waals surface area contributed by atoms with Gasteiger partial charge in [-0.3, -0.25) is 14.9 Å². The van der Waals surface area contributed by atoms with Gasteiger partial charge in [0.1, 0.15) is 24.0 Å². The van der Waals surface area contributed by atoms with E-state index in [0.717, 1.165) is 17.0 Å². The Morgan fingerprint density at radius 2 is 1.68 bits per heavy atom. The first-order valence-electron chi connectivity index (χ1n) is 8.92. The van der Waals surface area contributed by atoms with Crippen molar-refractivity contribution in [1.29, 1.82) is 5.26 Å². The number of para-hydroxylation sites is 1. The lowest BCUT2D eigenvalue weighted by Crippen LogP contribution is -2.25. The number of rotatable bonds is 6. The van der Waals surface area contributed by atoms with Gasteiger partial charge in [-0.25, -0.2) is 0 Å². The standard InChI is InChI=1S/C23H21N3O2/c1-17-12-13-18(2)26(17)25-23(27)21(15-24)14-20-10-6-7-11-22(20)28-16-19-8-4-3-5-9-19/h3-14H,16H2,1-2H3,(H,25,27)/b21-14-. The monoisotopic (exact) mass is 371 g/mol. The summed E-state index contributed by atoms with van der Waals surface area (Å²) in [4.78, 5) is 12.6. The van der Waals surface area contributed by atoms with Crippen molar-refractivity contribution in [3.8, 4) is 11.8 Å². The Labute approximate surface area is 164 Å².